The van der Waals surface area contributed by atoms with Crippen LogP contribution in [0.4, 0.5) is 11.6 Å². The van der Waals surface area contributed by atoms with Gasteiger partial charge in [0, 0.05) is 34.9 Å². The Morgan fingerprint density at radius 3 is 2.37 bits per heavy atom. The molecule has 2 N–H and O–H groups in total. The van der Waals surface area contributed by atoms with E-state index in [1.165, 1.54) is 54.4 Å². The van der Waals surface area contributed by atoms with Crippen molar-refractivity contribution in [2.75, 3.05) is 15.8 Å². The van der Waals surface area contributed by atoms with Gasteiger partial charge in [-0.2, -0.15) is 5.26 Å². The second-order valence-corrected chi connectivity index (χ2v) is 12.0. The third-order valence-corrected chi connectivity index (χ3v) is 8.45. The van der Waals surface area contributed by atoms with E-state index < -0.39 is 10.0 Å². The number of carbonyl (C=O) groups is 1. The van der Waals surface area contributed by atoms with Crippen molar-refractivity contribution < 1.29 is 13.2 Å². The third kappa shape index (κ3) is 7.30. The van der Waals surface area contributed by atoms with Crippen molar-refractivity contribution in [3.63, 3.8) is 0 Å². The van der Waals surface area contributed by atoms with Crippen molar-refractivity contribution in [3.8, 4) is 6.07 Å². The number of sulfonamides is 1. The molecule has 0 radical (unpaired) electrons. The van der Waals surface area contributed by atoms with Crippen LogP contribution in [-0.4, -0.2) is 35.0 Å². The Bertz CT molecular complexity index is 1450. The molecule has 0 saturated carbocycles. The zero-order valence-electron chi connectivity index (χ0n) is 21.5. The zero-order valence-corrected chi connectivity index (χ0v) is 23.1. The van der Waals surface area contributed by atoms with Gasteiger partial charge in [-0.3, -0.25) is 4.79 Å². The maximum Gasteiger partial charge on any atom is 0.264 e. The van der Waals surface area contributed by atoms with E-state index in [-0.39, 0.29) is 23.2 Å². The molecule has 38 heavy (non-hydrogen) atoms. The number of pyridine rings is 1. The van der Waals surface area contributed by atoms with E-state index in [0.717, 1.165) is 31.4 Å². The summed E-state index contributed by atoms with van der Waals surface area (Å²) in [7, 11) is -3.88. The Balaban J connectivity index is 1.33. The lowest BCUT2D eigenvalue weighted by molar-refractivity contribution is -0.115. The number of nitriles is 1. The molecule has 0 unspecified atom stereocenters. The van der Waals surface area contributed by atoms with Gasteiger partial charge >= 0.3 is 0 Å². The molecule has 3 aromatic rings. The first-order valence-corrected chi connectivity index (χ1v) is 15.0. The first kappa shape index (κ1) is 27.5. The smallest absolute Gasteiger partial charge is 0.264 e. The summed E-state index contributed by atoms with van der Waals surface area (Å²) in [4.78, 5) is 25.5. The van der Waals surface area contributed by atoms with Crippen LogP contribution in [-0.2, 0) is 27.7 Å². The van der Waals surface area contributed by atoms with Crippen LogP contribution in [0.2, 0.25) is 0 Å². The van der Waals surface area contributed by atoms with E-state index in [4.69, 9.17) is 4.98 Å². The summed E-state index contributed by atoms with van der Waals surface area (Å²) in [6, 6.07) is 11.9. The molecule has 2 heterocycles. The fraction of sp³-hybridized carbons (Fsp3) is 0.370. The van der Waals surface area contributed by atoms with Crippen LogP contribution in [0.25, 0.3) is 0 Å². The lowest BCUT2D eigenvalue weighted by atomic mass is 9.96. The predicted molar refractivity (Wildman–Crippen MR) is 148 cm³/mol. The molecule has 0 atom stereocenters. The average Bonchev–Trinajstić information content (AvgIpc) is 2.84. The summed E-state index contributed by atoms with van der Waals surface area (Å²) in [5, 5.41) is 13.1. The Morgan fingerprint density at radius 2 is 1.68 bits per heavy atom. The molecule has 0 saturated heterocycles. The minimum Gasteiger partial charge on any atom is -0.326 e. The van der Waals surface area contributed by atoms with E-state index in [9.17, 15) is 18.5 Å². The molecular formula is C27H30N6O3S2. The van der Waals surface area contributed by atoms with Gasteiger partial charge in [0.1, 0.15) is 11.1 Å². The maximum absolute atomic E-state index is 12.7. The first-order valence-electron chi connectivity index (χ1n) is 12.5. The number of fused-ring (bicyclic) bond motifs is 1. The van der Waals surface area contributed by atoms with Crippen molar-refractivity contribution in [3.05, 3.63) is 64.6 Å². The van der Waals surface area contributed by atoms with Gasteiger partial charge in [-0.05, 0) is 81.5 Å². The molecule has 11 heteroatoms. The van der Waals surface area contributed by atoms with Crippen molar-refractivity contribution in [2.24, 2.45) is 0 Å². The number of hydrogen-bond donors (Lipinski definition) is 2. The quantitative estimate of drug-likeness (QED) is 0.376. The number of anilines is 2. The summed E-state index contributed by atoms with van der Waals surface area (Å²) < 4.78 is 27.8. The number of aryl methyl sites for hydroxylation is 4. The second kappa shape index (κ2) is 12.4. The van der Waals surface area contributed by atoms with E-state index in [1.807, 2.05) is 6.07 Å². The van der Waals surface area contributed by atoms with Crippen LogP contribution in [0.15, 0.2) is 46.3 Å². The van der Waals surface area contributed by atoms with Gasteiger partial charge in [0.15, 0.2) is 0 Å². The molecule has 2 aromatic heterocycles. The number of rotatable bonds is 8. The van der Waals surface area contributed by atoms with Gasteiger partial charge in [-0.25, -0.2) is 28.1 Å². The molecule has 1 aromatic carbocycles. The standard InChI is InChI=1S/C27H30N6O3S2/c1-18-15-19(2)30-27(29-18)33-38(35,36)23-11-9-22(10-12-23)31-25(34)13-14-37-26-21(17-28)16-20-7-5-3-4-6-8-24(20)32-26/h9-12,15-16H,3-8,13-14H2,1-2H3,(H,31,34)(H,29,30,33). The predicted octanol–water partition coefficient (Wildman–Crippen LogP) is 4.94. The Hall–Kier alpha value is -3.49. The maximum atomic E-state index is 12.7. The highest BCUT2D eigenvalue weighted by molar-refractivity contribution is 7.99. The number of benzene rings is 1. The number of nitrogens with one attached hydrogen (secondary N) is 2. The summed E-state index contributed by atoms with van der Waals surface area (Å²) in [5.41, 5.74) is 4.60. The lowest BCUT2D eigenvalue weighted by Crippen LogP contribution is -2.16. The van der Waals surface area contributed by atoms with E-state index >= 15 is 0 Å². The summed E-state index contributed by atoms with van der Waals surface area (Å²) in [6.07, 6.45) is 6.75. The van der Waals surface area contributed by atoms with Gasteiger partial charge in [-0.15, -0.1) is 11.8 Å². The molecule has 1 aliphatic rings. The van der Waals surface area contributed by atoms with Crippen molar-refractivity contribution in [1.29, 1.82) is 5.26 Å². The molecule has 9 nitrogen and oxygen atoms in total. The number of hydrogen-bond acceptors (Lipinski definition) is 8. The molecule has 0 spiro atoms. The number of amides is 1. The second-order valence-electron chi connectivity index (χ2n) is 9.22. The molecule has 1 aliphatic carbocycles. The average molecular weight is 551 g/mol. The topological polar surface area (TPSA) is 138 Å². The van der Waals surface area contributed by atoms with Gasteiger partial charge < -0.3 is 5.32 Å². The van der Waals surface area contributed by atoms with E-state index in [0.29, 0.717) is 33.4 Å². The molecule has 4 rings (SSSR count). The number of carbonyl (C=O) groups excluding carboxylic acids is 1. The van der Waals surface area contributed by atoms with Gasteiger partial charge in [0.2, 0.25) is 11.9 Å². The highest BCUT2D eigenvalue weighted by Crippen LogP contribution is 2.27. The lowest BCUT2D eigenvalue weighted by Gasteiger charge is -2.15. The first-order chi connectivity index (χ1) is 18.2. The molecule has 198 valence electrons. The molecule has 0 bridgehead atoms. The number of thioether (sulfide) groups is 1. The summed E-state index contributed by atoms with van der Waals surface area (Å²) in [5.74, 6) is 0.273. The van der Waals surface area contributed by atoms with Gasteiger partial charge in [0.25, 0.3) is 10.0 Å². The Kier molecular flexibility index (Phi) is 8.97. The summed E-state index contributed by atoms with van der Waals surface area (Å²) in [6.45, 7) is 3.52. The minimum atomic E-state index is -3.88. The Morgan fingerprint density at radius 1 is 1.00 bits per heavy atom. The molecule has 0 fully saturated rings. The van der Waals surface area contributed by atoms with Crippen molar-refractivity contribution in [2.45, 2.75) is 68.7 Å². The van der Waals surface area contributed by atoms with Crippen LogP contribution in [0.3, 0.4) is 0 Å². The van der Waals surface area contributed by atoms with Crippen LogP contribution >= 0.6 is 11.8 Å². The van der Waals surface area contributed by atoms with Crippen LogP contribution in [0.1, 0.15) is 60.3 Å². The van der Waals surface area contributed by atoms with E-state index in [2.05, 4.69) is 26.1 Å². The highest BCUT2D eigenvalue weighted by atomic mass is 32.2. The monoisotopic (exact) mass is 550 g/mol. The van der Waals surface area contributed by atoms with Crippen LogP contribution in [0.5, 0.6) is 0 Å². The highest BCUT2D eigenvalue weighted by Gasteiger charge is 2.17. The molecule has 0 aliphatic heterocycles. The van der Waals surface area contributed by atoms with Gasteiger partial charge in [-0.1, -0.05) is 12.8 Å². The molecular weight excluding hydrogens is 520 g/mol. The molecule has 1 amide bonds. The number of nitrogens with zero attached hydrogens (tertiary/aromatic N) is 4. The normalized spacial score (nSPS) is 13.5. The fourth-order valence-corrected chi connectivity index (χ4v) is 6.15. The van der Waals surface area contributed by atoms with Crippen molar-refractivity contribution >= 4 is 39.3 Å². The van der Waals surface area contributed by atoms with Crippen molar-refractivity contribution in [1.82, 2.24) is 15.0 Å². The van der Waals surface area contributed by atoms with Crippen LogP contribution < -0.4 is 10.0 Å². The number of aromatic nitrogens is 3. The SMILES string of the molecule is Cc1cc(C)nc(NS(=O)(=O)c2ccc(NC(=O)CCSc3nc4c(cc3C#N)CCCCCC4)cc2)n1. The third-order valence-electron chi connectivity index (χ3n) is 6.11. The minimum absolute atomic E-state index is 0.0106. The zero-order chi connectivity index (χ0) is 27.1. The largest absolute Gasteiger partial charge is 0.326 e. The van der Waals surface area contributed by atoms with Crippen LogP contribution in [0, 0.1) is 25.2 Å². The fourth-order valence-electron chi connectivity index (χ4n) is 4.29. The summed E-state index contributed by atoms with van der Waals surface area (Å²) >= 11 is 1.41. The Labute approximate surface area is 227 Å². The van der Waals surface area contributed by atoms with Gasteiger partial charge in [0.05, 0.1) is 10.5 Å². The van der Waals surface area contributed by atoms with E-state index in [1.54, 1.807) is 19.9 Å².